The molecule has 0 rings (SSSR count). The van der Waals surface area contributed by atoms with Crippen LogP contribution in [0.25, 0.3) is 0 Å². The van der Waals surface area contributed by atoms with E-state index in [1.807, 2.05) is 0 Å². The third-order valence-corrected chi connectivity index (χ3v) is 2.91. The van der Waals surface area contributed by atoms with Gasteiger partial charge in [-0.15, -0.1) is 0 Å². The first-order valence-corrected chi connectivity index (χ1v) is 5.78. The van der Waals surface area contributed by atoms with Crippen LogP contribution in [0.2, 0.25) is 0 Å². The van der Waals surface area contributed by atoms with Crippen molar-refractivity contribution in [3.63, 3.8) is 0 Å². The van der Waals surface area contributed by atoms with E-state index >= 15 is 0 Å². The minimum atomic E-state index is -2.61. The molecule has 0 spiro atoms. The molecule has 0 atom stereocenters. The number of nitrogens with zero attached hydrogens (tertiary/aromatic N) is 4. The van der Waals surface area contributed by atoms with Crippen LogP contribution in [0.1, 0.15) is 20.3 Å². The van der Waals surface area contributed by atoms with Crippen LogP contribution in [-0.4, -0.2) is 51.0 Å². The van der Waals surface area contributed by atoms with Crippen molar-refractivity contribution < 1.29 is 29.2 Å². The summed E-state index contributed by atoms with van der Waals surface area (Å²) in [6.07, 6.45) is -0.464. The Morgan fingerprint density at radius 2 is 1.23 bits per heavy atom. The monoisotopic (exact) mass is 326 g/mol. The third-order valence-electron chi connectivity index (χ3n) is 2.91. The van der Waals surface area contributed by atoms with Crippen molar-refractivity contribution in [2.45, 2.75) is 31.6 Å². The van der Waals surface area contributed by atoms with Gasteiger partial charge in [0.15, 0.2) is 13.2 Å². The molecule has 14 nitrogen and oxygen atoms in total. The summed E-state index contributed by atoms with van der Waals surface area (Å²) in [6.45, 7) is -0.801. The van der Waals surface area contributed by atoms with Gasteiger partial charge in [0.25, 0.3) is 0 Å². The molecule has 0 saturated heterocycles. The highest BCUT2D eigenvalue weighted by Crippen LogP contribution is 2.17. The molecular formula is C8H14N4O10. The lowest BCUT2D eigenvalue weighted by molar-refractivity contribution is -0.800. The van der Waals surface area contributed by atoms with Crippen molar-refractivity contribution in [3.8, 4) is 0 Å². The predicted octanol–water partition coefficient (Wildman–Crippen LogP) is -0.0936. The summed E-state index contributed by atoms with van der Waals surface area (Å²) in [7, 11) is 0. The quantitative estimate of drug-likeness (QED) is 0.214. The molecule has 0 N–H and O–H groups in total. The van der Waals surface area contributed by atoms with E-state index in [0.29, 0.717) is 6.92 Å². The Labute approximate surface area is 122 Å². The van der Waals surface area contributed by atoms with Gasteiger partial charge in [-0.25, -0.2) is 0 Å². The first-order valence-electron chi connectivity index (χ1n) is 5.78. The molecule has 0 unspecified atom stereocenters. The molecule has 0 aromatic carbocycles. The Hall–Kier alpha value is -2.48. The van der Waals surface area contributed by atoms with Gasteiger partial charge in [0.2, 0.25) is 0 Å². The van der Waals surface area contributed by atoms with Gasteiger partial charge >= 0.3 is 11.3 Å². The lowest BCUT2D eigenvalue weighted by atomic mass is 10.1. The number of hydrogen-bond acceptors (Lipinski definition) is 10. The molecule has 126 valence electrons. The van der Waals surface area contributed by atoms with Gasteiger partial charge in [0.05, 0.1) is 13.3 Å². The fourth-order valence-electron chi connectivity index (χ4n) is 1.20. The fraction of sp³-hybridized carbons (Fsp3) is 1.00. The standard InChI is InChI=1S/C8H14N4O10/c1-3-8(11(17)18,12(19)20)5-22-6-21-4-7(2,9(13)14)10(15)16/h3-6H2,1-2H3. The Balaban J connectivity index is 4.55. The van der Waals surface area contributed by atoms with Crippen molar-refractivity contribution >= 4 is 0 Å². The molecule has 0 saturated carbocycles. The predicted molar refractivity (Wildman–Crippen MR) is 66.2 cm³/mol. The zero-order valence-electron chi connectivity index (χ0n) is 11.7. The minimum Gasteiger partial charge on any atom is -0.340 e. The van der Waals surface area contributed by atoms with Crippen LogP contribution in [0.5, 0.6) is 0 Å². The smallest absolute Gasteiger partial charge is 0.340 e. The van der Waals surface area contributed by atoms with Crippen LogP contribution in [0, 0.1) is 40.5 Å². The fourth-order valence-corrected chi connectivity index (χ4v) is 1.20. The van der Waals surface area contributed by atoms with Crippen molar-refractivity contribution in [3.05, 3.63) is 40.5 Å². The van der Waals surface area contributed by atoms with Crippen molar-refractivity contribution in [2.75, 3.05) is 20.0 Å². The highest BCUT2D eigenvalue weighted by molar-refractivity contribution is 4.63. The van der Waals surface area contributed by atoms with Crippen LogP contribution in [0.3, 0.4) is 0 Å². The lowest BCUT2D eigenvalue weighted by Crippen LogP contribution is -2.50. The molecule has 14 heteroatoms. The Morgan fingerprint density at radius 1 is 0.818 bits per heavy atom. The second kappa shape index (κ2) is 7.51. The number of nitro groups is 4. The molecule has 0 fully saturated rings. The second-order valence-corrected chi connectivity index (χ2v) is 4.40. The van der Waals surface area contributed by atoms with Crippen molar-refractivity contribution in [2.24, 2.45) is 0 Å². The largest absolute Gasteiger partial charge is 0.480 e. The first kappa shape index (κ1) is 19.5. The number of ether oxygens (including phenoxy) is 2. The van der Waals surface area contributed by atoms with Crippen LogP contribution < -0.4 is 0 Å². The van der Waals surface area contributed by atoms with Crippen molar-refractivity contribution in [1.29, 1.82) is 0 Å². The maximum atomic E-state index is 10.8. The molecule has 0 aliphatic heterocycles. The SMILES string of the molecule is CCC(COCOCC(C)([N+](=O)[O-])[N+](=O)[O-])([N+](=O)[O-])[N+](=O)[O-]. The molecule has 0 bridgehead atoms. The summed E-state index contributed by atoms with van der Waals surface area (Å²) in [5.74, 6) is 0. The zero-order chi connectivity index (χ0) is 17.6. The van der Waals surface area contributed by atoms with Gasteiger partial charge in [0, 0.05) is 0 Å². The number of rotatable bonds is 11. The molecule has 0 heterocycles. The van der Waals surface area contributed by atoms with E-state index in [1.54, 1.807) is 0 Å². The maximum Gasteiger partial charge on any atom is 0.480 e. The Morgan fingerprint density at radius 3 is 1.55 bits per heavy atom. The summed E-state index contributed by atoms with van der Waals surface area (Å²) in [5, 5.41) is 42.7. The van der Waals surface area contributed by atoms with Gasteiger partial charge < -0.3 is 9.47 Å². The molecule has 0 aliphatic rings. The normalized spacial score (nSPS) is 11.9. The molecule has 0 aromatic heterocycles. The van der Waals surface area contributed by atoms with Gasteiger partial charge in [0.1, 0.15) is 26.5 Å². The maximum absolute atomic E-state index is 10.8. The topological polar surface area (TPSA) is 191 Å². The van der Waals surface area contributed by atoms with E-state index in [2.05, 4.69) is 9.47 Å². The van der Waals surface area contributed by atoms with Crippen LogP contribution in [0.4, 0.5) is 0 Å². The first-order chi connectivity index (χ1) is 10.0. The van der Waals surface area contributed by atoms with Crippen LogP contribution in [-0.2, 0) is 9.47 Å². The highest BCUT2D eigenvalue weighted by atomic mass is 16.7. The molecule has 22 heavy (non-hydrogen) atoms. The molecule has 0 aliphatic carbocycles. The number of hydrogen-bond donors (Lipinski definition) is 0. The highest BCUT2D eigenvalue weighted by Gasteiger charge is 2.55. The van der Waals surface area contributed by atoms with Crippen LogP contribution in [0.15, 0.2) is 0 Å². The van der Waals surface area contributed by atoms with Gasteiger partial charge in [-0.1, -0.05) is 6.92 Å². The molecule has 0 amide bonds. The van der Waals surface area contributed by atoms with E-state index in [9.17, 15) is 40.5 Å². The molecule has 0 aromatic rings. The van der Waals surface area contributed by atoms with E-state index in [0.717, 1.165) is 0 Å². The Bertz CT molecular complexity index is 438. The van der Waals surface area contributed by atoms with E-state index < -0.39 is 57.4 Å². The van der Waals surface area contributed by atoms with E-state index in [4.69, 9.17) is 0 Å². The zero-order valence-corrected chi connectivity index (χ0v) is 11.7. The summed E-state index contributed by atoms with van der Waals surface area (Å²) in [6, 6.07) is 0. The van der Waals surface area contributed by atoms with Gasteiger partial charge in [-0.05, 0) is 0 Å². The summed E-state index contributed by atoms with van der Waals surface area (Å²) in [5.41, 5.74) is -5.18. The van der Waals surface area contributed by atoms with Gasteiger partial charge in [-0.3, -0.25) is 40.5 Å². The summed E-state index contributed by atoms with van der Waals surface area (Å²) in [4.78, 5) is 38.1. The second-order valence-electron chi connectivity index (χ2n) is 4.40. The van der Waals surface area contributed by atoms with Gasteiger partial charge in [-0.2, -0.15) is 0 Å². The van der Waals surface area contributed by atoms with E-state index in [-0.39, 0.29) is 0 Å². The molecular weight excluding hydrogens is 312 g/mol. The average Bonchev–Trinajstić information content (AvgIpc) is 2.41. The summed E-state index contributed by atoms with van der Waals surface area (Å²) < 4.78 is 9.19. The van der Waals surface area contributed by atoms with Crippen molar-refractivity contribution in [1.82, 2.24) is 0 Å². The Kier molecular flexibility index (Phi) is 6.66. The lowest BCUT2D eigenvalue weighted by Gasteiger charge is -2.16. The minimum absolute atomic E-state index is 0.464. The summed E-state index contributed by atoms with van der Waals surface area (Å²) >= 11 is 0. The average molecular weight is 326 g/mol. The molecule has 0 radical (unpaired) electrons. The van der Waals surface area contributed by atoms with E-state index in [1.165, 1.54) is 6.92 Å². The van der Waals surface area contributed by atoms with Crippen LogP contribution >= 0.6 is 0 Å². The third kappa shape index (κ3) is 4.01.